The highest BCUT2D eigenvalue weighted by Crippen LogP contribution is 2.29. The number of nitrogens with zero attached hydrogens (tertiary/aromatic N) is 1. The molecule has 1 rings (SSSR count). The second kappa shape index (κ2) is 4.62. The number of hydrogen-bond acceptors (Lipinski definition) is 4. The van der Waals surface area contributed by atoms with Crippen molar-refractivity contribution in [3.05, 3.63) is 0 Å². The van der Waals surface area contributed by atoms with Crippen molar-refractivity contribution in [1.82, 2.24) is 4.90 Å². The molecule has 0 bridgehead atoms. The fourth-order valence-electron chi connectivity index (χ4n) is 0.867. The molecule has 76 valence electrons. The first kappa shape index (κ1) is 12.4. The zero-order chi connectivity index (χ0) is 10.6. The van der Waals surface area contributed by atoms with Gasteiger partial charge in [-0.1, -0.05) is 0 Å². The fraction of sp³-hybridized carbons (Fsp3) is 0.750. The predicted octanol–water partition coefficient (Wildman–Crippen LogP) is 0.326. The summed E-state index contributed by atoms with van der Waals surface area (Å²) in [5.41, 5.74) is -0.311. The van der Waals surface area contributed by atoms with Crippen LogP contribution < -0.4 is 0 Å². The topological polar surface area (TPSA) is 46.4 Å². The molecule has 0 aromatic rings. The van der Waals surface area contributed by atoms with Gasteiger partial charge in [0.1, 0.15) is 5.54 Å². The molecule has 4 nitrogen and oxygen atoms in total. The van der Waals surface area contributed by atoms with E-state index < -0.39 is 0 Å². The lowest BCUT2D eigenvalue weighted by Crippen LogP contribution is -2.25. The third kappa shape index (κ3) is 3.78. The van der Waals surface area contributed by atoms with E-state index in [1.807, 2.05) is 18.9 Å². The molecule has 0 aliphatic carbocycles. The van der Waals surface area contributed by atoms with E-state index in [0.29, 0.717) is 0 Å². The van der Waals surface area contributed by atoms with Crippen LogP contribution >= 0.6 is 12.6 Å². The maximum atomic E-state index is 10.8. The van der Waals surface area contributed by atoms with Crippen molar-refractivity contribution >= 4 is 23.7 Å². The Labute approximate surface area is 83.6 Å². The molecule has 1 saturated heterocycles. The van der Waals surface area contributed by atoms with Crippen LogP contribution in [0.1, 0.15) is 13.8 Å². The molecule has 0 saturated carbocycles. The third-order valence-corrected chi connectivity index (χ3v) is 1.91. The van der Waals surface area contributed by atoms with Gasteiger partial charge in [-0.15, -0.1) is 12.6 Å². The summed E-state index contributed by atoms with van der Waals surface area (Å²) in [7, 11) is 3.32. The van der Waals surface area contributed by atoms with Crippen LogP contribution in [0.4, 0.5) is 0 Å². The summed E-state index contributed by atoms with van der Waals surface area (Å²) in [6.45, 7) is 4.08. The maximum absolute atomic E-state index is 10.8. The summed E-state index contributed by atoms with van der Waals surface area (Å²) in [5.74, 6) is -0.134. The molecule has 1 aliphatic rings. The Bertz CT molecular complexity index is 215. The normalized spacial score (nSPS) is 29.8. The minimum Gasteiger partial charge on any atom is -0.468 e. The lowest BCUT2D eigenvalue weighted by molar-refractivity contribution is -0.144. The molecule has 2 atom stereocenters. The molecule has 0 radical (unpaired) electrons. The average Bonchev–Trinajstić information content (AvgIpc) is 2.59. The number of likely N-dealkylation sites (N-methyl/N-ethyl adjacent to an activating group) is 1. The molecule has 2 unspecified atom stereocenters. The number of hydrogen-bond donors (Lipinski definition) is 1. The quantitative estimate of drug-likeness (QED) is 0.380. The number of carbonyl (C=O) groups is 2. The summed E-state index contributed by atoms with van der Waals surface area (Å²) < 4.78 is 4.57. The Balaban J connectivity index is 0.000000310. The fourth-order valence-corrected chi connectivity index (χ4v) is 0.867. The predicted molar refractivity (Wildman–Crippen MR) is 52.7 cm³/mol. The molecule has 0 amide bonds. The summed E-state index contributed by atoms with van der Waals surface area (Å²) in [6, 6.07) is 0. The van der Waals surface area contributed by atoms with E-state index in [1.54, 1.807) is 0 Å². The van der Waals surface area contributed by atoms with Crippen molar-refractivity contribution in [2.75, 3.05) is 20.7 Å². The van der Waals surface area contributed by atoms with E-state index in [-0.39, 0.29) is 16.6 Å². The Morgan fingerprint density at radius 3 is 1.92 bits per heavy atom. The highest BCUT2D eigenvalue weighted by Gasteiger charge is 2.52. The Kier molecular flexibility index (Phi) is 4.43. The number of methoxy groups -OCH3 is 1. The number of carbonyl (C=O) groups excluding carboxylic acids is 2. The van der Waals surface area contributed by atoms with Crippen LogP contribution in [0.15, 0.2) is 0 Å². The summed E-state index contributed by atoms with van der Waals surface area (Å²) in [6.07, 6.45) is 0. The minimum absolute atomic E-state index is 0.134. The largest absolute Gasteiger partial charge is 0.468 e. The molecule has 13 heavy (non-hydrogen) atoms. The summed E-state index contributed by atoms with van der Waals surface area (Å²) >= 11 is 3.33. The van der Waals surface area contributed by atoms with Crippen molar-refractivity contribution in [3.8, 4) is 0 Å². The average molecular weight is 205 g/mol. The van der Waals surface area contributed by atoms with Crippen molar-refractivity contribution in [3.63, 3.8) is 0 Å². The monoisotopic (exact) mass is 205 g/mol. The van der Waals surface area contributed by atoms with Gasteiger partial charge in [-0.25, -0.2) is 0 Å². The minimum atomic E-state index is -0.311. The summed E-state index contributed by atoms with van der Waals surface area (Å²) in [4.78, 5) is 22.1. The van der Waals surface area contributed by atoms with Gasteiger partial charge in [-0.05, 0) is 14.0 Å². The van der Waals surface area contributed by atoms with Crippen LogP contribution in [0.25, 0.3) is 0 Å². The van der Waals surface area contributed by atoms with Gasteiger partial charge in [0, 0.05) is 13.5 Å². The van der Waals surface area contributed by atoms with E-state index >= 15 is 0 Å². The van der Waals surface area contributed by atoms with E-state index in [1.165, 1.54) is 14.0 Å². The third-order valence-electron chi connectivity index (χ3n) is 1.91. The highest BCUT2D eigenvalue weighted by atomic mass is 32.1. The van der Waals surface area contributed by atoms with Gasteiger partial charge in [-0.3, -0.25) is 14.5 Å². The smallest absolute Gasteiger partial charge is 0.327 e. The van der Waals surface area contributed by atoms with Crippen LogP contribution in [0, 0.1) is 0 Å². The van der Waals surface area contributed by atoms with Crippen molar-refractivity contribution < 1.29 is 14.3 Å². The van der Waals surface area contributed by atoms with Crippen molar-refractivity contribution in [2.24, 2.45) is 0 Å². The molecule has 0 spiro atoms. The van der Waals surface area contributed by atoms with Gasteiger partial charge < -0.3 is 4.74 Å². The second-order valence-electron chi connectivity index (χ2n) is 3.14. The van der Waals surface area contributed by atoms with Crippen LogP contribution in [-0.2, 0) is 14.3 Å². The van der Waals surface area contributed by atoms with Crippen LogP contribution in [0.3, 0.4) is 0 Å². The molecule has 1 aliphatic heterocycles. The van der Waals surface area contributed by atoms with E-state index in [4.69, 9.17) is 0 Å². The zero-order valence-corrected chi connectivity index (χ0v) is 9.22. The lowest BCUT2D eigenvalue weighted by Gasteiger charge is -2.04. The molecular formula is C8H15NO3S. The summed E-state index contributed by atoms with van der Waals surface area (Å²) in [5, 5.41) is -0.139. The second-order valence-corrected chi connectivity index (χ2v) is 3.77. The SMILES string of the molecule is CC(=O)S.COC(=O)C1(C)CN1C. The van der Waals surface area contributed by atoms with Gasteiger partial charge in [0.2, 0.25) is 0 Å². The standard InChI is InChI=1S/C6H11NO2.C2H4OS/c1-6(4-7(6)2)5(8)9-3;1-2(3)4/h4H2,1-3H3;1H3,(H,3,4). The Morgan fingerprint density at radius 2 is 1.85 bits per heavy atom. The van der Waals surface area contributed by atoms with Crippen LogP contribution in [0.5, 0.6) is 0 Å². The van der Waals surface area contributed by atoms with Crippen LogP contribution in [-0.4, -0.2) is 42.2 Å². The van der Waals surface area contributed by atoms with Gasteiger partial charge in [0.25, 0.3) is 0 Å². The first-order valence-electron chi connectivity index (χ1n) is 3.83. The maximum Gasteiger partial charge on any atom is 0.327 e. The molecule has 5 heteroatoms. The van der Waals surface area contributed by atoms with E-state index in [2.05, 4.69) is 17.4 Å². The highest BCUT2D eigenvalue weighted by molar-refractivity contribution is 7.96. The Hall–Kier alpha value is -0.550. The van der Waals surface area contributed by atoms with Gasteiger partial charge in [-0.2, -0.15) is 0 Å². The molecule has 0 aromatic heterocycles. The number of thiol groups is 1. The number of rotatable bonds is 1. The molecule has 1 heterocycles. The molecule has 0 N–H and O–H groups in total. The van der Waals surface area contributed by atoms with E-state index in [0.717, 1.165) is 6.54 Å². The molecule has 0 aromatic carbocycles. The molecule has 1 fully saturated rings. The van der Waals surface area contributed by atoms with Gasteiger partial charge in [0.05, 0.1) is 7.11 Å². The molecular weight excluding hydrogens is 190 g/mol. The zero-order valence-electron chi connectivity index (χ0n) is 8.33. The lowest BCUT2D eigenvalue weighted by atomic mass is 10.2. The number of esters is 1. The van der Waals surface area contributed by atoms with Gasteiger partial charge >= 0.3 is 5.97 Å². The first-order chi connectivity index (χ1) is 5.84. The Morgan fingerprint density at radius 1 is 1.54 bits per heavy atom. The van der Waals surface area contributed by atoms with Crippen molar-refractivity contribution in [2.45, 2.75) is 19.4 Å². The van der Waals surface area contributed by atoms with Crippen molar-refractivity contribution in [1.29, 1.82) is 0 Å². The van der Waals surface area contributed by atoms with Gasteiger partial charge in [0.15, 0.2) is 5.12 Å². The first-order valence-corrected chi connectivity index (χ1v) is 4.28. The van der Waals surface area contributed by atoms with E-state index in [9.17, 15) is 9.59 Å². The number of ether oxygens (including phenoxy) is 1. The van der Waals surface area contributed by atoms with Crippen LogP contribution in [0.2, 0.25) is 0 Å².